The number of aromatic nitrogens is 1. The number of carbonyl (C=O) groups excluding carboxylic acids is 1. The molecule has 3 aromatic rings. The van der Waals surface area contributed by atoms with Crippen LogP contribution in [-0.4, -0.2) is 37.2 Å². The topological polar surface area (TPSA) is 63.7 Å². The molecule has 6 nitrogen and oxygen atoms in total. The van der Waals surface area contributed by atoms with Gasteiger partial charge in [-0.3, -0.25) is 4.79 Å². The highest BCUT2D eigenvalue weighted by Gasteiger charge is 2.11. The zero-order chi connectivity index (χ0) is 21.5. The van der Waals surface area contributed by atoms with Crippen molar-refractivity contribution in [1.82, 2.24) is 4.98 Å². The van der Waals surface area contributed by atoms with Crippen LogP contribution < -0.4 is 15.0 Å². The normalized spacial score (nSPS) is 14.0. The van der Waals surface area contributed by atoms with Crippen molar-refractivity contribution < 1.29 is 14.3 Å². The van der Waals surface area contributed by atoms with Gasteiger partial charge in [-0.15, -0.1) is 11.3 Å². The highest BCUT2D eigenvalue weighted by molar-refractivity contribution is 7.09. The van der Waals surface area contributed by atoms with Gasteiger partial charge in [0.2, 0.25) is 5.91 Å². The van der Waals surface area contributed by atoms with Crippen molar-refractivity contribution in [1.29, 1.82) is 0 Å². The van der Waals surface area contributed by atoms with Gasteiger partial charge in [-0.2, -0.15) is 0 Å². The molecule has 1 fully saturated rings. The third-order valence-corrected chi connectivity index (χ3v) is 5.71. The van der Waals surface area contributed by atoms with Crippen LogP contribution in [0.25, 0.3) is 6.08 Å². The van der Waals surface area contributed by atoms with Crippen molar-refractivity contribution in [2.24, 2.45) is 0 Å². The molecule has 0 spiro atoms. The van der Waals surface area contributed by atoms with Crippen LogP contribution in [0, 0.1) is 6.92 Å². The van der Waals surface area contributed by atoms with Crippen LogP contribution in [0.1, 0.15) is 16.3 Å². The minimum absolute atomic E-state index is 0.191. The van der Waals surface area contributed by atoms with Crippen LogP contribution in [-0.2, 0) is 16.1 Å². The largest absolute Gasteiger partial charge is 0.487 e. The molecule has 7 heteroatoms. The molecule has 0 radical (unpaired) electrons. The number of anilines is 2. The van der Waals surface area contributed by atoms with E-state index >= 15 is 0 Å². The zero-order valence-electron chi connectivity index (χ0n) is 17.4. The number of thiazole rings is 1. The number of nitrogens with zero attached hydrogens (tertiary/aromatic N) is 2. The van der Waals surface area contributed by atoms with Crippen LogP contribution in [0.4, 0.5) is 11.4 Å². The van der Waals surface area contributed by atoms with E-state index in [-0.39, 0.29) is 5.91 Å². The van der Waals surface area contributed by atoms with Gasteiger partial charge >= 0.3 is 0 Å². The number of morpholine rings is 1. The van der Waals surface area contributed by atoms with Crippen LogP contribution in [0.2, 0.25) is 0 Å². The first-order chi connectivity index (χ1) is 15.2. The van der Waals surface area contributed by atoms with Crippen LogP contribution in [0.15, 0.2) is 60.0 Å². The maximum atomic E-state index is 12.4. The predicted molar refractivity (Wildman–Crippen MR) is 125 cm³/mol. The Labute approximate surface area is 186 Å². The zero-order valence-corrected chi connectivity index (χ0v) is 18.2. The van der Waals surface area contributed by atoms with Crippen LogP contribution in [0.3, 0.4) is 0 Å². The molecule has 1 saturated heterocycles. The van der Waals surface area contributed by atoms with Gasteiger partial charge in [-0.1, -0.05) is 18.2 Å². The molecule has 0 unspecified atom stereocenters. The quantitative estimate of drug-likeness (QED) is 0.553. The number of nitrogens with one attached hydrogen (secondary N) is 1. The van der Waals surface area contributed by atoms with Crippen molar-refractivity contribution in [3.8, 4) is 5.75 Å². The molecule has 0 aliphatic carbocycles. The molecule has 1 aliphatic rings. The molecule has 0 saturated carbocycles. The fraction of sp³-hybridized carbons (Fsp3) is 0.250. The van der Waals surface area contributed by atoms with E-state index in [1.807, 2.05) is 60.8 Å². The maximum Gasteiger partial charge on any atom is 0.248 e. The molecule has 1 amide bonds. The number of amides is 1. The van der Waals surface area contributed by atoms with Gasteiger partial charge in [-0.25, -0.2) is 4.98 Å². The van der Waals surface area contributed by atoms with Crippen LogP contribution >= 0.6 is 11.3 Å². The monoisotopic (exact) mass is 435 g/mol. The smallest absolute Gasteiger partial charge is 0.248 e. The Morgan fingerprint density at radius 1 is 1.19 bits per heavy atom. The molecular formula is C24H25N3O3S. The van der Waals surface area contributed by atoms with Crippen molar-refractivity contribution >= 4 is 34.7 Å². The summed E-state index contributed by atoms with van der Waals surface area (Å²) in [6.07, 6.45) is 3.28. The van der Waals surface area contributed by atoms with Gasteiger partial charge in [0.1, 0.15) is 12.4 Å². The number of hydrogen-bond acceptors (Lipinski definition) is 6. The average molecular weight is 436 g/mol. The van der Waals surface area contributed by atoms with E-state index in [4.69, 9.17) is 9.47 Å². The second-order valence-corrected chi connectivity index (χ2v) is 8.22. The van der Waals surface area contributed by atoms with Gasteiger partial charge in [0.15, 0.2) is 0 Å². The van der Waals surface area contributed by atoms with Gasteiger partial charge in [0.05, 0.1) is 23.9 Å². The van der Waals surface area contributed by atoms with Crippen LogP contribution in [0.5, 0.6) is 5.75 Å². The minimum Gasteiger partial charge on any atom is -0.487 e. The molecule has 4 rings (SSSR count). The second kappa shape index (κ2) is 10.2. The molecule has 0 bridgehead atoms. The van der Waals surface area contributed by atoms with Crippen molar-refractivity contribution in [3.63, 3.8) is 0 Å². The Balaban J connectivity index is 1.34. The number of rotatable bonds is 7. The lowest BCUT2D eigenvalue weighted by Gasteiger charge is -2.28. The Kier molecular flexibility index (Phi) is 6.96. The molecule has 31 heavy (non-hydrogen) atoms. The van der Waals surface area contributed by atoms with Crippen molar-refractivity contribution in [2.45, 2.75) is 13.5 Å². The van der Waals surface area contributed by atoms with E-state index in [0.29, 0.717) is 12.4 Å². The highest BCUT2D eigenvalue weighted by Crippen LogP contribution is 2.22. The second-order valence-electron chi connectivity index (χ2n) is 7.15. The summed E-state index contributed by atoms with van der Waals surface area (Å²) in [5, 5.41) is 5.91. The van der Waals surface area contributed by atoms with E-state index in [2.05, 4.69) is 15.2 Å². The molecule has 0 atom stereocenters. The number of aryl methyl sites for hydroxylation is 1. The fourth-order valence-electron chi connectivity index (χ4n) is 3.30. The summed E-state index contributed by atoms with van der Waals surface area (Å²) in [5.41, 5.74) is 3.64. The molecule has 2 aromatic carbocycles. The van der Waals surface area contributed by atoms with E-state index < -0.39 is 0 Å². The number of carbonyl (C=O) groups is 1. The minimum atomic E-state index is -0.191. The summed E-state index contributed by atoms with van der Waals surface area (Å²) < 4.78 is 11.3. The lowest BCUT2D eigenvalue weighted by atomic mass is 10.2. The summed E-state index contributed by atoms with van der Waals surface area (Å²) in [7, 11) is 0. The molecule has 1 N–H and O–H groups in total. The lowest BCUT2D eigenvalue weighted by Crippen LogP contribution is -2.36. The molecule has 1 aromatic heterocycles. The van der Waals surface area contributed by atoms with E-state index in [9.17, 15) is 4.79 Å². The molecular weight excluding hydrogens is 410 g/mol. The molecule has 160 valence electrons. The first kappa shape index (κ1) is 21.1. The molecule has 1 aliphatic heterocycles. The highest BCUT2D eigenvalue weighted by atomic mass is 32.1. The van der Waals surface area contributed by atoms with Crippen molar-refractivity contribution in [3.05, 3.63) is 76.3 Å². The predicted octanol–water partition coefficient (Wildman–Crippen LogP) is 4.52. The summed E-state index contributed by atoms with van der Waals surface area (Å²) in [6, 6.07) is 15.5. The lowest BCUT2D eigenvalue weighted by molar-refractivity contribution is -0.111. The van der Waals surface area contributed by atoms with Gasteiger partial charge in [-0.05, 0) is 43.3 Å². The van der Waals surface area contributed by atoms with E-state index in [1.54, 1.807) is 17.4 Å². The molecule has 2 heterocycles. The standard InChI is InChI=1S/C24H25N3O3S/c1-18-25-21(17-31-18)16-30-23-5-3-2-4-19(23)6-11-24(28)26-20-7-9-22(10-8-20)27-12-14-29-15-13-27/h2-11,17H,12-16H2,1H3,(H,26,28)/b11-6+. The first-order valence-electron chi connectivity index (χ1n) is 10.2. The number of para-hydroxylation sites is 1. The average Bonchev–Trinajstić information content (AvgIpc) is 3.23. The Bertz CT molecular complexity index is 1040. The Morgan fingerprint density at radius 2 is 1.97 bits per heavy atom. The number of benzene rings is 2. The Morgan fingerprint density at radius 3 is 2.71 bits per heavy atom. The third-order valence-electron chi connectivity index (χ3n) is 4.89. The van der Waals surface area contributed by atoms with Gasteiger partial charge in [0.25, 0.3) is 0 Å². The van der Waals surface area contributed by atoms with E-state index in [1.165, 1.54) is 6.08 Å². The summed E-state index contributed by atoms with van der Waals surface area (Å²) in [5.74, 6) is 0.524. The summed E-state index contributed by atoms with van der Waals surface area (Å²) in [6.45, 7) is 5.64. The van der Waals surface area contributed by atoms with Crippen molar-refractivity contribution in [2.75, 3.05) is 36.5 Å². The number of hydrogen-bond donors (Lipinski definition) is 1. The van der Waals surface area contributed by atoms with Gasteiger partial charge in [0, 0.05) is 41.5 Å². The summed E-state index contributed by atoms with van der Waals surface area (Å²) >= 11 is 1.60. The third kappa shape index (κ3) is 5.93. The SMILES string of the molecule is Cc1nc(COc2ccccc2/C=C/C(=O)Nc2ccc(N3CCOCC3)cc2)cs1. The number of ether oxygens (including phenoxy) is 2. The Hall–Kier alpha value is -3.16. The first-order valence-corrected chi connectivity index (χ1v) is 11.1. The maximum absolute atomic E-state index is 12.4. The fourth-order valence-corrected chi connectivity index (χ4v) is 3.90. The summed E-state index contributed by atoms with van der Waals surface area (Å²) in [4.78, 5) is 19.1. The van der Waals surface area contributed by atoms with E-state index in [0.717, 1.165) is 53.9 Å². The van der Waals surface area contributed by atoms with Gasteiger partial charge < -0.3 is 19.7 Å².